The Morgan fingerprint density at radius 2 is 2.06 bits per heavy atom. The average molecular weight is 229 g/mol. The third kappa shape index (κ3) is 1.35. The molecule has 2 aromatic rings. The third-order valence-electron chi connectivity index (χ3n) is 2.57. The molecule has 0 radical (unpaired) electrons. The quantitative estimate of drug-likeness (QED) is 0.683. The fourth-order valence-electron chi connectivity index (χ4n) is 1.78. The lowest BCUT2D eigenvalue weighted by Crippen LogP contribution is -2.16. The van der Waals surface area contributed by atoms with E-state index in [1.54, 1.807) is 18.2 Å². The molecule has 0 atom stereocenters. The number of hydrogen-bond acceptors (Lipinski definition) is 5. The molecule has 0 fully saturated rings. The maximum absolute atomic E-state index is 11.9. The molecule has 5 heteroatoms. The van der Waals surface area contributed by atoms with Crippen LogP contribution in [0.2, 0.25) is 0 Å². The first kappa shape index (κ1) is 9.73. The summed E-state index contributed by atoms with van der Waals surface area (Å²) in [6.07, 6.45) is 1.14. The zero-order chi connectivity index (χ0) is 11.8. The molecule has 0 unspecified atom stereocenters. The van der Waals surface area contributed by atoms with Crippen molar-refractivity contribution >= 4 is 11.0 Å². The molecule has 0 saturated heterocycles. The molecule has 1 aromatic carbocycles. The van der Waals surface area contributed by atoms with Crippen LogP contribution in [0.3, 0.4) is 0 Å². The summed E-state index contributed by atoms with van der Waals surface area (Å²) in [7, 11) is 0. The van der Waals surface area contributed by atoms with Crippen molar-refractivity contribution in [1.82, 2.24) is 0 Å². The second kappa shape index (κ2) is 3.52. The van der Waals surface area contributed by atoms with Crippen LogP contribution in [0.25, 0.3) is 11.0 Å². The molecule has 1 aliphatic heterocycles. The highest BCUT2D eigenvalue weighted by Crippen LogP contribution is 2.36. The SMILES string of the molecule is N#Cc1coc2c3c(ccc2c1=O)OCCO3. The first-order chi connectivity index (χ1) is 8.31. The van der Waals surface area contributed by atoms with Crippen molar-refractivity contribution in [3.63, 3.8) is 0 Å². The largest absolute Gasteiger partial charge is 0.486 e. The van der Waals surface area contributed by atoms with E-state index in [0.717, 1.165) is 6.26 Å². The summed E-state index contributed by atoms with van der Waals surface area (Å²) >= 11 is 0. The first-order valence-electron chi connectivity index (χ1n) is 5.05. The average Bonchev–Trinajstić information content (AvgIpc) is 2.39. The van der Waals surface area contributed by atoms with Crippen LogP contribution in [-0.4, -0.2) is 13.2 Å². The zero-order valence-electron chi connectivity index (χ0n) is 8.73. The summed E-state index contributed by atoms with van der Waals surface area (Å²) in [5.41, 5.74) is -0.0499. The summed E-state index contributed by atoms with van der Waals surface area (Å²) in [5, 5.41) is 9.08. The smallest absolute Gasteiger partial charge is 0.210 e. The predicted octanol–water partition coefficient (Wildman–Crippen LogP) is 1.44. The van der Waals surface area contributed by atoms with E-state index in [0.29, 0.717) is 35.7 Å². The molecule has 0 N–H and O–H groups in total. The van der Waals surface area contributed by atoms with Crippen molar-refractivity contribution in [2.45, 2.75) is 0 Å². The van der Waals surface area contributed by atoms with Gasteiger partial charge in [0.05, 0.1) is 5.39 Å². The Labute approximate surface area is 95.8 Å². The van der Waals surface area contributed by atoms with Crippen LogP contribution >= 0.6 is 0 Å². The minimum Gasteiger partial charge on any atom is -0.486 e. The summed E-state index contributed by atoms with van der Waals surface area (Å²) in [6, 6.07) is 5.02. The second-order valence-corrected chi connectivity index (χ2v) is 3.56. The third-order valence-corrected chi connectivity index (χ3v) is 2.57. The molecule has 0 bridgehead atoms. The summed E-state index contributed by atoms with van der Waals surface area (Å²) in [4.78, 5) is 11.9. The maximum Gasteiger partial charge on any atom is 0.210 e. The Morgan fingerprint density at radius 3 is 2.88 bits per heavy atom. The van der Waals surface area contributed by atoms with Crippen LogP contribution in [-0.2, 0) is 0 Å². The van der Waals surface area contributed by atoms with Gasteiger partial charge in [0, 0.05) is 0 Å². The lowest BCUT2D eigenvalue weighted by Gasteiger charge is -2.18. The van der Waals surface area contributed by atoms with Gasteiger partial charge in [-0.3, -0.25) is 4.79 Å². The molecule has 84 valence electrons. The molecule has 0 aliphatic carbocycles. The number of nitriles is 1. The minimum atomic E-state index is -0.356. The zero-order valence-corrected chi connectivity index (χ0v) is 8.73. The van der Waals surface area contributed by atoms with E-state index in [4.69, 9.17) is 19.2 Å². The molecule has 5 nitrogen and oxygen atoms in total. The van der Waals surface area contributed by atoms with Crippen molar-refractivity contribution in [2.24, 2.45) is 0 Å². The van der Waals surface area contributed by atoms with E-state index in [9.17, 15) is 4.79 Å². The highest BCUT2D eigenvalue weighted by molar-refractivity contribution is 5.86. The molecule has 3 rings (SSSR count). The van der Waals surface area contributed by atoms with Crippen molar-refractivity contribution in [2.75, 3.05) is 13.2 Å². The Balaban J connectivity index is 2.40. The number of benzene rings is 1. The van der Waals surface area contributed by atoms with Crippen LogP contribution in [0.5, 0.6) is 11.5 Å². The molecule has 2 heterocycles. The molecule has 1 aliphatic rings. The van der Waals surface area contributed by atoms with E-state index < -0.39 is 0 Å². The molecule has 17 heavy (non-hydrogen) atoms. The van der Waals surface area contributed by atoms with Gasteiger partial charge >= 0.3 is 0 Å². The number of rotatable bonds is 0. The van der Waals surface area contributed by atoms with E-state index in [1.165, 1.54) is 0 Å². The highest BCUT2D eigenvalue weighted by Gasteiger charge is 2.19. The fraction of sp³-hybridized carbons (Fsp3) is 0.167. The van der Waals surface area contributed by atoms with Gasteiger partial charge in [-0.1, -0.05) is 0 Å². The number of nitrogens with zero attached hydrogens (tertiary/aromatic N) is 1. The van der Waals surface area contributed by atoms with E-state index in [2.05, 4.69) is 0 Å². The Morgan fingerprint density at radius 1 is 1.24 bits per heavy atom. The molecular weight excluding hydrogens is 222 g/mol. The summed E-state index contributed by atoms with van der Waals surface area (Å²) in [6.45, 7) is 0.884. The van der Waals surface area contributed by atoms with Gasteiger partial charge in [-0.2, -0.15) is 5.26 Å². The summed E-state index contributed by atoms with van der Waals surface area (Å²) < 4.78 is 16.1. The lowest BCUT2D eigenvalue weighted by atomic mass is 10.1. The second-order valence-electron chi connectivity index (χ2n) is 3.56. The predicted molar refractivity (Wildman–Crippen MR) is 58.2 cm³/mol. The van der Waals surface area contributed by atoms with Crippen molar-refractivity contribution in [3.8, 4) is 17.6 Å². The molecule has 1 aromatic heterocycles. The van der Waals surface area contributed by atoms with Gasteiger partial charge in [0.25, 0.3) is 0 Å². The van der Waals surface area contributed by atoms with E-state index >= 15 is 0 Å². The highest BCUT2D eigenvalue weighted by atomic mass is 16.6. The van der Waals surface area contributed by atoms with Crippen molar-refractivity contribution in [3.05, 3.63) is 34.2 Å². The van der Waals surface area contributed by atoms with Crippen molar-refractivity contribution < 1.29 is 13.9 Å². The molecule has 0 amide bonds. The van der Waals surface area contributed by atoms with Gasteiger partial charge < -0.3 is 13.9 Å². The van der Waals surface area contributed by atoms with Gasteiger partial charge in [-0.05, 0) is 12.1 Å². The van der Waals surface area contributed by atoms with E-state index in [1.807, 2.05) is 0 Å². The van der Waals surface area contributed by atoms with Gasteiger partial charge in [-0.15, -0.1) is 0 Å². The van der Waals surface area contributed by atoms with Crippen LogP contribution in [0.4, 0.5) is 0 Å². The van der Waals surface area contributed by atoms with Crippen LogP contribution in [0.1, 0.15) is 5.56 Å². The minimum absolute atomic E-state index is 0.0193. The van der Waals surface area contributed by atoms with Gasteiger partial charge in [-0.25, -0.2) is 0 Å². The van der Waals surface area contributed by atoms with Crippen molar-refractivity contribution in [1.29, 1.82) is 5.26 Å². The van der Waals surface area contributed by atoms with Gasteiger partial charge in [0.2, 0.25) is 11.2 Å². The van der Waals surface area contributed by atoms with Crippen LogP contribution < -0.4 is 14.9 Å². The Kier molecular flexibility index (Phi) is 2.02. The molecular formula is C12H7NO4. The number of ether oxygens (including phenoxy) is 2. The Bertz CT molecular complexity index is 696. The van der Waals surface area contributed by atoms with Gasteiger partial charge in [0.15, 0.2) is 11.3 Å². The Hall–Kier alpha value is -2.48. The number of hydrogen-bond donors (Lipinski definition) is 0. The fourth-order valence-corrected chi connectivity index (χ4v) is 1.78. The first-order valence-corrected chi connectivity index (χ1v) is 5.05. The number of fused-ring (bicyclic) bond motifs is 3. The summed E-state index contributed by atoms with van der Waals surface area (Å²) in [5.74, 6) is 0.979. The topological polar surface area (TPSA) is 72.5 Å². The molecule has 0 spiro atoms. The maximum atomic E-state index is 11.9. The van der Waals surface area contributed by atoms with Crippen LogP contribution in [0.15, 0.2) is 27.6 Å². The van der Waals surface area contributed by atoms with E-state index in [-0.39, 0.29) is 11.0 Å². The molecule has 0 saturated carbocycles. The van der Waals surface area contributed by atoms with Gasteiger partial charge in [0.1, 0.15) is 31.1 Å². The standard InChI is InChI=1S/C12H7NO4/c13-5-7-6-17-11-8(10(7)14)1-2-9-12(11)16-4-3-15-9/h1-2,6H,3-4H2. The normalized spacial score (nSPS) is 13.4. The monoisotopic (exact) mass is 229 g/mol. The van der Waals surface area contributed by atoms with Crippen LogP contribution in [0, 0.1) is 11.3 Å². The lowest BCUT2D eigenvalue weighted by molar-refractivity contribution is 0.172.